The lowest BCUT2D eigenvalue weighted by atomic mass is 10.1. The average Bonchev–Trinajstić information content (AvgIpc) is 2.18. The Labute approximate surface area is 94.0 Å². The fraction of sp³-hybridized carbons (Fsp3) is 0.364. The normalized spacial score (nSPS) is 10.1. The molecule has 0 amide bonds. The molecule has 76 valence electrons. The Balaban J connectivity index is 2.56. The SMILES string of the molecule is O=C(CCCCCl)c1ccccc1Cl. The van der Waals surface area contributed by atoms with Crippen LogP contribution in [-0.4, -0.2) is 11.7 Å². The molecule has 14 heavy (non-hydrogen) atoms. The Kier molecular flexibility index (Phi) is 4.99. The monoisotopic (exact) mass is 230 g/mol. The number of hydrogen-bond acceptors (Lipinski definition) is 1. The predicted molar refractivity (Wildman–Crippen MR) is 60.4 cm³/mol. The van der Waals surface area contributed by atoms with Gasteiger partial charge < -0.3 is 0 Å². The predicted octanol–water partition coefficient (Wildman–Crippen LogP) is 3.93. The van der Waals surface area contributed by atoms with Gasteiger partial charge in [0.1, 0.15) is 0 Å². The van der Waals surface area contributed by atoms with Crippen molar-refractivity contribution in [1.29, 1.82) is 0 Å². The standard InChI is InChI=1S/C11H12Cl2O/c12-8-4-3-7-11(14)9-5-1-2-6-10(9)13/h1-2,5-6H,3-4,7-8H2. The van der Waals surface area contributed by atoms with Crippen molar-refractivity contribution >= 4 is 29.0 Å². The summed E-state index contributed by atoms with van der Waals surface area (Å²) in [6.45, 7) is 0. The topological polar surface area (TPSA) is 17.1 Å². The van der Waals surface area contributed by atoms with Gasteiger partial charge in [-0.1, -0.05) is 23.7 Å². The lowest BCUT2D eigenvalue weighted by Gasteiger charge is -2.01. The minimum atomic E-state index is 0.0979. The van der Waals surface area contributed by atoms with Gasteiger partial charge in [-0.15, -0.1) is 11.6 Å². The van der Waals surface area contributed by atoms with E-state index in [0.29, 0.717) is 22.9 Å². The van der Waals surface area contributed by atoms with Gasteiger partial charge in [0.05, 0.1) is 5.02 Å². The number of benzene rings is 1. The van der Waals surface area contributed by atoms with Gasteiger partial charge in [0.25, 0.3) is 0 Å². The Bertz CT molecular complexity index is 310. The van der Waals surface area contributed by atoms with Crippen LogP contribution in [-0.2, 0) is 0 Å². The summed E-state index contributed by atoms with van der Waals surface area (Å²) in [6, 6.07) is 7.13. The quantitative estimate of drug-likeness (QED) is 0.426. The van der Waals surface area contributed by atoms with E-state index >= 15 is 0 Å². The summed E-state index contributed by atoms with van der Waals surface area (Å²) in [5.41, 5.74) is 0.615. The van der Waals surface area contributed by atoms with E-state index in [1.165, 1.54) is 0 Å². The van der Waals surface area contributed by atoms with E-state index in [1.54, 1.807) is 12.1 Å². The molecule has 1 nitrogen and oxygen atoms in total. The smallest absolute Gasteiger partial charge is 0.164 e. The lowest BCUT2D eigenvalue weighted by Crippen LogP contribution is -1.99. The first-order valence-electron chi connectivity index (χ1n) is 4.59. The van der Waals surface area contributed by atoms with E-state index in [1.807, 2.05) is 12.1 Å². The molecular formula is C11H12Cl2O. The van der Waals surface area contributed by atoms with Gasteiger partial charge in [0, 0.05) is 17.9 Å². The summed E-state index contributed by atoms with van der Waals surface area (Å²) in [7, 11) is 0. The van der Waals surface area contributed by atoms with E-state index in [9.17, 15) is 4.79 Å². The number of hydrogen-bond donors (Lipinski definition) is 0. The summed E-state index contributed by atoms with van der Waals surface area (Å²) >= 11 is 11.4. The third-order valence-corrected chi connectivity index (χ3v) is 2.56. The van der Waals surface area contributed by atoms with Crippen LogP contribution in [0.15, 0.2) is 24.3 Å². The summed E-state index contributed by atoms with van der Waals surface area (Å²) in [6.07, 6.45) is 2.22. The molecule has 1 aromatic carbocycles. The summed E-state index contributed by atoms with van der Waals surface area (Å²) in [4.78, 5) is 11.6. The molecule has 0 saturated heterocycles. The summed E-state index contributed by atoms with van der Waals surface area (Å²) in [5, 5.41) is 0.531. The molecule has 0 saturated carbocycles. The Morgan fingerprint density at radius 3 is 2.57 bits per heavy atom. The van der Waals surface area contributed by atoms with Gasteiger partial charge in [-0.05, 0) is 25.0 Å². The van der Waals surface area contributed by atoms with Crippen molar-refractivity contribution in [3.63, 3.8) is 0 Å². The van der Waals surface area contributed by atoms with Gasteiger partial charge in [0.15, 0.2) is 5.78 Å². The van der Waals surface area contributed by atoms with Crippen LogP contribution >= 0.6 is 23.2 Å². The van der Waals surface area contributed by atoms with Gasteiger partial charge in [-0.3, -0.25) is 4.79 Å². The van der Waals surface area contributed by atoms with Crippen LogP contribution in [0.3, 0.4) is 0 Å². The van der Waals surface area contributed by atoms with E-state index in [2.05, 4.69) is 0 Å². The van der Waals surface area contributed by atoms with Crippen LogP contribution in [0.25, 0.3) is 0 Å². The molecule has 3 heteroatoms. The van der Waals surface area contributed by atoms with Crippen LogP contribution in [0, 0.1) is 0 Å². The molecule has 0 unspecified atom stereocenters. The van der Waals surface area contributed by atoms with Crippen molar-refractivity contribution in [2.75, 3.05) is 5.88 Å². The molecule has 1 rings (SSSR count). The highest BCUT2D eigenvalue weighted by molar-refractivity contribution is 6.33. The second-order valence-corrected chi connectivity index (χ2v) is 3.83. The third kappa shape index (κ3) is 3.32. The van der Waals surface area contributed by atoms with Crippen LogP contribution in [0.2, 0.25) is 5.02 Å². The average molecular weight is 231 g/mol. The van der Waals surface area contributed by atoms with Crippen LogP contribution in [0.1, 0.15) is 29.6 Å². The molecule has 0 aromatic heterocycles. The molecule has 0 radical (unpaired) electrons. The van der Waals surface area contributed by atoms with E-state index < -0.39 is 0 Å². The van der Waals surface area contributed by atoms with Crippen molar-refractivity contribution < 1.29 is 4.79 Å². The molecule has 0 fully saturated rings. The molecule has 0 heterocycles. The second kappa shape index (κ2) is 6.05. The van der Waals surface area contributed by atoms with Crippen molar-refractivity contribution in [2.45, 2.75) is 19.3 Å². The number of ketones is 1. The van der Waals surface area contributed by atoms with E-state index in [0.717, 1.165) is 12.8 Å². The van der Waals surface area contributed by atoms with Gasteiger partial charge >= 0.3 is 0 Å². The number of rotatable bonds is 5. The fourth-order valence-electron chi connectivity index (χ4n) is 1.20. The molecule has 1 aromatic rings. The minimum Gasteiger partial charge on any atom is -0.294 e. The van der Waals surface area contributed by atoms with Gasteiger partial charge in [0.2, 0.25) is 0 Å². The molecule has 0 aliphatic carbocycles. The molecule has 0 N–H and O–H groups in total. The van der Waals surface area contributed by atoms with Crippen molar-refractivity contribution in [2.24, 2.45) is 0 Å². The lowest BCUT2D eigenvalue weighted by molar-refractivity contribution is 0.0980. The van der Waals surface area contributed by atoms with Crippen LogP contribution in [0.4, 0.5) is 0 Å². The molecule has 0 bridgehead atoms. The van der Waals surface area contributed by atoms with E-state index in [-0.39, 0.29) is 5.78 Å². The fourth-order valence-corrected chi connectivity index (χ4v) is 1.63. The molecule has 0 aliphatic heterocycles. The maximum absolute atomic E-state index is 11.6. The number of halogens is 2. The number of carbonyl (C=O) groups excluding carboxylic acids is 1. The molecule has 0 aliphatic rings. The van der Waals surface area contributed by atoms with Gasteiger partial charge in [-0.2, -0.15) is 0 Å². The zero-order valence-electron chi connectivity index (χ0n) is 7.80. The van der Waals surface area contributed by atoms with Crippen LogP contribution < -0.4 is 0 Å². The third-order valence-electron chi connectivity index (χ3n) is 1.96. The second-order valence-electron chi connectivity index (χ2n) is 3.05. The van der Waals surface area contributed by atoms with Gasteiger partial charge in [-0.25, -0.2) is 0 Å². The number of unbranched alkanes of at least 4 members (excludes halogenated alkanes) is 1. The Hall–Kier alpha value is -0.530. The van der Waals surface area contributed by atoms with Crippen molar-refractivity contribution in [3.05, 3.63) is 34.9 Å². The Morgan fingerprint density at radius 1 is 1.21 bits per heavy atom. The number of Topliss-reactive ketones (excluding diaryl/α,β-unsaturated/α-hetero) is 1. The first kappa shape index (κ1) is 11.5. The van der Waals surface area contributed by atoms with Crippen molar-refractivity contribution in [1.82, 2.24) is 0 Å². The Morgan fingerprint density at radius 2 is 1.93 bits per heavy atom. The zero-order chi connectivity index (χ0) is 10.4. The highest BCUT2D eigenvalue weighted by atomic mass is 35.5. The highest BCUT2D eigenvalue weighted by Crippen LogP contribution is 2.17. The minimum absolute atomic E-state index is 0.0979. The van der Waals surface area contributed by atoms with Crippen LogP contribution in [0.5, 0.6) is 0 Å². The molecule has 0 atom stereocenters. The van der Waals surface area contributed by atoms with E-state index in [4.69, 9.17) is 23.2 Å². The zero-order valence-corrected chi connectivity index (χ0v) is 9.31. The highest BCUT2D eigenvalue weighted by Gasteiger charge is 2.08. The van der Waals surface area contributed by atoms with Crippen molar-refractivity contribution in [3.8, 4) is 0 Å². The maximum atomic E-state index is 11.6. The first-order chi connectivity index (χ1) is 6.75. The maximum Gasteiger partial charge on any atom is 0.164 e. The first-order valence-corrected chi connectivity index (χ1v) is 5.50. The molecule has 0 spiro atoms. The summed E-state index contributed by atoms with van der Waals surface area (Å²) < 4.78 is 0. The largest absolute Gasteiger partial charge is 0.294 e. The summed E-state index contributed by atoms with van der Waals surface area (Å²) in [5.74, 6) is 0.705. The number of alkyl halides is 1. The molecular weight excluding hydrogens is 219 g/mol. The number of carbonyl (C=O) groups is 1.